The van der Waals surface area contributed by atoms with Crippen molar-refractivity contribution in [3.05, 3.63) is 60.0 Å². The van der Waals surface area contributed by atoms with E-state index >= 15 is 0 Å². The van der Waals surface area contributed by atoms with Gasteiger partial charge in [0.25, 0.3) is 5.91 Å². The maximum absolute atomic E-state index is 12.5. The number of nitrogens with one attached hydrogen (secondary N) is 1. The Morgan fingerprint density at radius 3 is 2.55 bits per heavy atom. The molecule has 0 aliphatic rings. The van der Waals surface area contributed by atoms with Gasteiger partial charge in [0.15, 0.2) is 5.65 Å². The Labute approximate surface area is 122 Å². The number of amides is 1. The summed E-state index contributed by atoms with van der Waals surface area (Å²) in [6, 6.07) is 7.31. The molecule has 22 heavy (non-hydrogen) atoms. The van der Waals surface area contributed by atoms with Crippen LogP contribution in [0.4, 0.5) is 18.9 Å². The molecule has 0 aliphatic heterocycles. The first-order valence-electron chi connectivity index (χ1n) is 6.22. The van der Waals surface area contributed by atoms with Crippen molar-refractivity contribution in [3.8, 4) is 0 Å². The molecule has 2 heterocycles. The zero-order chi connectivity index (χ0) is 15.7. The van der Waals surface area contributed by atoms with E-state index in [2.05, 4.69) is 15.5 Å². The molecule has 2 aromatic heterocycles. The van der Waals surface area contributed by atoms with Crippen molar-refractivity contribution in [1.82, 2.24) is 14.6 Å². The minimum Gasteiger partial charge on any atom is -0.319 e. The third-order valence-electron chi connectivity index (χ3n) is 3.05. The number of benzene rings is 1. The van der Waals surface area contributed by atoms with Crippen molar-refractivity contribution in [3.63, 3.8) is 0 Å². The predicted octanol–water partition coefficient (Wildman–Crippen LogP) is 3.00. The van der Waals surface area contributed by atoms with Gasteiger partial charge >= 0.3 is 6.18 Å². The van der Waals surface area contributed by atoms with Gasteiger partial charge in [-0.1, -0.05) is 0 Å². The maximum atomic E-state index is 12.5. The van der Waals surface area contributed by atoms with Gasteiger partial charge in [-0.2, -0.15) is 13.2 Å². The molecule has 0 aliphatic carbocycles. The Hall–Kier alpha value is -2.90. The molecule has 8 heteroatoms. The molecule has 1 aromatic carbocycles. The fraction of sp³-hybridized carbons (Fsp3) is 0.0714. The van der Waals surface area contributed by atoms with Crippen LogP contribution in [0, 0.1) is 0 Å². The lowest BCUT2D eigenvalue weighted by atomic mass is 10.1. The summed E-state index contributed by atoms with van der Waals surface area (Å²) in [7, 11) is 0. The van der Waals surface area contributed by atoms with Crippen LogP contribution in [0.2, 0.25) is 0 Å². The minimum absolute atomic E-state index is 0.120. The molecule has 0 fully saturated rings. The van der Waals surface area contributed by atoms with Gasteiger partial charge in [0.2, 0.25) is 0 Å². The van der Waals surface area contributed by atoms with Crippen LogP contribution in [0.5, 0.6) is 0 Å². The van der Waals surface area contributed by atoms with E-state index in [1.54, 1.807) is 22.7 Å². The molecule has 0 bridgehead atoms. The number of pyridine rings is 1. The number of halogens is 3. The Balaban J connectivity index is 1.84. The van der Waals surface area contributed by atoms with Crippen LogP contribution in [-0.2, 0) is 6.18 Å². The standard InChI is InChI=1S/C14H9F3N4O/c15-14(16,17)10-5-3-9(4-6-10)13(22)19-11-2-1-7-21-8-18-20-12(11)21/h1-8H,(H,19,22). The van der Waals surface area contributed by atoms with Crippen molar-refractivity contribution in [2.75, 3.05) is 5.32 Å². The predicted molar refractivity (Wildman–Crippen MR) is 72.4 cm³/mol. The normalized spacial score (nSPS) is 11.6. The number of aromatic nitrogens is 3. The summed E-state index contributed by atoms with van der Waals surface area (Å²) < 4.78 is 39.1. The molecule has 0 radical (unpaired) electrons. The number of carbonyl (C=O) groups excluding carboxylic acids is 1. The summed E-state index contributed by atoms with van der Waals surface area (Å²) in [6.45, 7) is 0. The van der Waals surface area contributed by atoms with Gasteiger partial charge in [0, 0.05) is 11.8 Å². The number of rotatable bonds is 2. The van der Waals surface area contributed by atoms with E-state index in [0.717, 1.165) is 24.3 Å². The Kier molecular flexibility index (Phi) is 3.28. The number of nitrogens with zero attached hydrogens (tertiary/aromatic N) is 3. The fourth-order valence-corrected chi connectivity index (χ4v) is 1.95. The molecule has 0 unspecified atom stereocenters. The molecule has 112 valence electrons. The lowest BCUT2D eigenvalue weighted by Crippen LogP contribution is -2.13. The zero-order valence-corrected chi connectivity index (χ0v) is 11.0. The molecule has 1 N–H and O–H groups in total. The van der Waals surface area contributed by atoms with Crippen LogP contribution in [0.3, 0.4) is 0 Å². The third kappa shape index (κ3) is 2.62. The number of anilines is 1. The van der Waals surface area contributed by atoms with Crippen LogP contribution in [0.1, 0.15) is 15.9 Å². The van der Waals surface area contributed by atoms with Crippen LogP contribution < -0.4 is 5.32 Å². The number of fused-ring (bicyclic) bond motifs is 1. The maximum Gasteiger partial charge on any atom is 0.416 e. The van der Waals surface area contributed by atoms with E-state index in [-0.39, 0.29) is 5.56 Å². The van der Waals surface area contributed by atoms with Crippen molar-refractivity contribution in [1.29, 1.82) is 0 Å². The summed E-state index contributed by atoms with van der Waals surface area (Å²) in [5.41, 5.74) is 0.186. The SMILES string of the molecule is O=C(Nc1cccn2cnnc12)c1ccc(C(F)(F)F)cc1. The largest absolute Gasteiger partial charge is 0.416 e. The summed E-state index contributed by atoms with van der Waals surface area (Å²) >= 11 is 0. The molecular formula is C14H9F3N4O. The lowest BCUT2D eigenvalue weighted by molar-refractivity contribution is -0.137. The molecular weight excluding hydrogens is 297 g/mol. The third-order valence-corrected chi connectivity index (χ3v) is 3.05. The van der Waals surface area contributed by atoms with Gasteiger partial charge in [-0.3, -0.25) is 9.20 Å². The van der Waals surface area contributed by atoms with Crippen LogP contribution in [0.25, 0.3) is 5.65 Å². The molecule has 0 spiro atoms. The highest BCUT2D eigenvalue weighted by atomic mass is 19.4. The van der Waals surface area contributed by atoms with E-state index in [1.165, 1.54) is 6.33 Å². The molecule has 3 rings (SSSR count). The van der Waals surface area contributed by atoms with Crippen LogP contribution >= 0.6 is 0 Å². The first-order chi connectivity index (χ1) is 10.4. The van der Waals surface area contributed by atoms with E-state index in [0.29, 0.717) is 11.3 Å². The van der Waals surface area contributed by atoms with Crippen molar-refractivity contribution >= 4 is 17.2 Å². The van der Waals surface area contributed by atoms with Crippen molar-refractivity contribution in [2.45, 2.75) is 6.18 Å². The van der Waals surface area contributed by atoms with Crippen molar-refractivity contribution in [2.24, 2.45) is 0 Å². The highest BCUT2D eigenvalue weighted by Crippen LogP contribution is 2.29. The Morgan fingerprint density at radius 1 is 1.14 bits per heavy atom. The number of hydrogen-bond acceptors (Lipinski definition) is 3. The topological polar surface area (TPSA) is 59.3 Å². The fourth-order valence-electron chi connectivity index (χ4n) is 1.95. The Bertz CT molecular complexity index is 824. The second-order valence-corrected chi connectivity index (χ2v) is 4.51. The summed E-state index contributed by atoms with van der Waals surface area (Å²) in [5.74, 6) is -0.523. The van der Waals surface area contributed by atoms with Gasteiger partial charge in [-0.05, 0) is 36.4 Å². The molecule has 0 saturated carbocycles. The second kappa shape index (κ2) is 5.14. The highest BCUT2D eigenvalue weighted by molar-refractivity contribution is 6.05. The monoisotopic (exact) mass is 306 g/mol. The molecule has 0 saturated heterocycles. The molecule has 0 atom stereocenters. The minimum atomic E-state index is -4.43. The van der Waals surface area contributed by atoms with Gasteiger partial charge in [-0.15, -0.1) is 10.2 Å². The number of hydrogen-bond donors (Lipinski definition) is 1. The van der Waals surface area contributed by atoms with E-state index < -0.39 is 17.6 Å². The smallest absolute Gasteiger partial charge is 0.319 e. The highest BCUT2D eigenvalue weighted by Gasteiger charge is 2.30. The molecule has 3 aromatic rings. The van der Waals surface area contributed by atoms with E-state index in [9.17, 15) is 18.0 Å². The summed E-state index contributed by atoms with van der Waals surface area (Å²) in [4.78, 5) is 12.1. The lowest BCUT2D eigenvalue weighted by Gasteiger charge is -2.08. The molecule has 1 amide bonds. The van der Waals surface area contributed by atoms with Crippen molar-refractivity contribution < 1.29 is 18.0 Å². The van der Waals surface area contributed by atoms with Gasteiger partial charge < -0.3 is 5.32 Å². The van der Waals surface area contributed by atoms with Gasteiger partial charge in [0.1, 0.15) is 6.33 Å². The first kappa shape index (κ1) is 14.1. The average Bonchev–Trinajstić information content (AvgIpc) is 2.96. The van der Waals surface area contributed by atoms with Gasteiger partial charge in [-0.25, -0.2) is 0 Å². The zero-order valence-electron chi connectivity index (χ0n) is 11.0. The average molecular weight is 306 g/mol. The van der Waals surface area contributed by atoms with Crippen LogP contribution in [-0.4, -0.2) is 20.5 Å². The first-order valence-corrected chi connectivity index (χ1v) is 6.22. The van der Waals surface area contributed by atoms with Crippen LogP contribution in [0.15, 0.2) is 48.9 Å². The van der Waals surface area contributed by atoms with Gasteiger partial charge in [0.05, 0.1) is 11.3 Å². The number of alkyl halides is 3. The van der Waals surface area contributed by atoms with E-state index in [4.69, 9.17) is 0 Å². The Morgan fingerprint density at radius 2 is 1.86 bits per heavy atom. The molecule has 5 nitrogen and oxygen atoms in total. The number of carbonyl (C=O) groups is 1. The summed E-state index contributed by atoms with van der Waals surface area (Å²) in [6.07, 6.45) is -1.24. The summed E-state index contributed by atoms with van der Waals surface area (Å²) in [5, 5.41) is 10.2. The quantitative estimate of drug-likeness (QED) is 0.792. The van der Waals surface area contributed by atoms with E-state index in [1.807, 2.05) is 0 Å². The second-order valence-electron chi connectivity index (χ2n) is 4.51.